The molecule has 1 atom stereocenters. The highest BCUT2D eigenvalue weighted by atomic mass is 32.2. The minimum atomic E-state index is -0.790. The number of hydrogen-bond donors (Lipinski definition) is 1. The molecule has 0 radical (unpaired) electrons. The Bertz CT molecular complexity index is 344. The first kappa shape index (κ1) is 13.8. The fourth-order valence-electron chi connectivity index (χ4n) is 2.67. The molecule has 0 aromatic rings. The van der Waals surface area contributed by atoms with Crippen molar-refractivity contribution < 1.29 is 4.21 Å². The Kier molecular flexibility index (Phi) is 4.30. The summed E-state index contributed by atoms with van der Waals surface area (Å²) in [5, 5.41) is 0. The van der Waals surface area contributed by atoms with Gasteiger partial charge in [-0.05, 0) is 31.6 Å². The Labute approximate surface area is 112 Å². The number of guanidine groups is 1. The van der Waals surface area contributed by atoms with E-state index in [0.29, 0.717) is 12.5 Å². The molecule has 1 unspecified atom stereocenters. The van der Waals surface area contributed by atoms with Crippen LogP contribution < -0.4 is 5.73 Å². The molecule has 4 nitrogen and oxygen atoms in total. The lowest BCUT2D eigenvalue weighted by Gasteiger charge is -2.39. The molecule has 0 bridgehead atoms. The highest BCUT2D eigenvalue weighted by Crippen LogP contribution is 2.37. The number of likely N-dealkylation sites (tertiary alicyclic amines) is 1. The lowest BCUT2D eigenvalue weighted by molar-refractivity contribution is 0.276. The Morgan fingerprint density at radius 1 is 1.44 bits per heavy atom. The van der Waals surface area contributed by atoms with Crippen molar-refractivity contribution in [3.8, 4) is 0 Å². The van der Waals surface area contributed by atoms with Gasteiger partial charge >= 0.3 is 0 Å². The number of nitrogens with two attached hydrogens (primary N) is 1. The van der Waals surface area contributed by atoms with Gasteiger partial charge in [-0.1, -0.05) is 13.3 Å². The van der Waals surface area contributed by atoms with Gasteiger partial charge in [0, 0.05) is 30.1 Å². The molecule has 1 aliphatic heterocycles. The molecule has 0 spiro atoms. The second kappa shape index (κ2) is 5.59. The van der Waals surface area contributed by atoms with Gasteiger partial charge in [-0.15, -0.1) is 0 Å². The van der Waals surface area contributed by atoms with Crippen molar-refractivity contribution in [2.75, 3.05) is 25.9 Å². The lowest BCUT2D eigenvalue weighted by atomic mass is 9.84. The van der Waals surface area contributed by atoms with Gasteiger partial charge in [0.1, 0.15) is 0 Å². The zero-order valence-corrected chi connectivity index (χ0v) is 12.3. The first-order chi connectivity index (χ1) is 8.53. The SMILES string of the molecule is CC1CCN(C(N)=NCC2(S(C)=O)CCC2)CC1. The average molecular weight is 271 g/mol. The van der Waals surface area contributed by atoms with Gasteiger partial charge in [-0.3, -0.25) is 9.20 Å². The van der Waals surface area contributed by atoms with Crippen LogP contribution in [0.25, 0.3) is 0 Å². The Morgan fingerprint density at radius 3 is 2.50 bits per heavy atom. The van der Waals surface area contributed by atoms with Crippen LogP contribution in [0.3, 0.4) is 0 Å². The second-order valence-electron chi connectivity index (χ2n) is 5.83. The third-order valence-corrected chi connectivity index (χ3v) is 6.27. The summed E-state index contributed by atoms with van der Waals surface area (Å²) in [6, 6.07) is 0. The standard InChI is InChI=1S/C13H25N3OS/c1-11-4-8-16(9-5-11)12(14)15-10-13(18(2)17)6-3-7-13/h11H,3-10H2,1-2H3,(H2,14,15). The van der Waals surface area contributed by atoms with Crippen LogP contribution in [0, 0.1) is 5.92 Å². The number of nitrogens with zero attached hydrogens (tertiary/aromatic N) is 2. The van der Waals surface area contributed by atoms with Gasteiger partial charge in [-0.25, -0.2) is 0 Å². The first-order valence-corrected chi connectivity index (χ1v) is 8.48. The summed E-state index contributed by atoms with van der Waals surface area (Å²) in [6.45, 7) is 4.94. The maximum atomic E-state index is 11.8. The molecule has 2 aliphatic rings. The fourth-order valence-corrected chi connectivity index (χ4v) is 3.78. The average Bonchev–Trinajstić information content (AvgIpc) is 2.27. The van der Waals surface area contributed by atoms with E-state index < -0.39 is 10.8 Å². The maximum Gasteiger partial charge on any atom is 0.191 e. The molecule has 0 aromatic carbocycles. The largest absolute Gasteiger partial charge is 0.370 e. The van der Waals surface area contributed by atoms with Crippen LogP contribution in [-0.4, -0.2) is 45.7 Å². The molecule has 2 N–H and O–H groups in total. The molecule has 18 heavy (non-hydrogen) atoms. The second-order valence-corrected chi connectivity index (χ2v) is 7.61. The van der Waals surface area contributed by atoms with E-state index in [1.807, 2.05) is 0 Å². The summed E-state index contributed by atoms with van der Waals surface area (Å²) < 4.78 is 11.7. The number of piperidine rings is 1. The van der Waals surface area contributed by atoms with E-state index >= 15 is 0 Å². The molecule has 1 saturated carbocycles. The summed E-state index contributed by atoms with van der Waals surface area (Å²) in [6.07, 6.45) is 7.43. The quantitative estimate of drug-likeness (QED) is 0.622. The zero-order chi connectivity index (χ0) is 13.2. The van der Waals surface area contributed by atoms with Crippen molar-refractivity contribution in [2.45, 2.75) is 43.8 Å². The number of hydrogen-bond acceptors (Lipinski definition) is 2. The van der Waals surface area contributed by atoms with Gasteiger partial charge in [-0.2, -0.15) is 0 Å². The minimum absolute atomic E-state index is 0.0757. The topological polar surface area (TPSA) is 58.7 Å². The van der Waals surface area contributed by atoms with Crippen LogP contribution in [0.4, 0.5) is 0 Å². The van der Waals surface area contributed by atoms with Crippen LogP contribution in [0.2, 0.25) is 0 Å². The van der Waals surface area contributed by atoms with E-state index in [-0.39, 0.29) is 4.75 Å². The summed E-state index contributed by atoms with van der Waals surface area (Å²) in [5.41, 5.74) is 6.06. The third kappa shape index (κ3) is 2.87. The van der Waals surface area contributed by atoms with Crippen LogP contribution >= 0.6 is 0 Å². The maximum absolute atomic E-state index is 11.8. The summed E-state index contributed by atoms with van der Waals surface area (Å²) in [7, 11) is -0.790. The van der Waals surface area contributed by atoms with Crippen molar-refractivity contribution in [1.29, 1.82) is 0 Å². The van der Waals surface area contributed by atoms with Crippen molar-refractivity contribution >= 4 is 16.8 Å². The number of aliphatic imine (C=N–C) groups is 1. The first-order valence-electron chi connectivity index (χ1n) is 6.92. The fraction of sp³-hybridized carbons (Fsp3) is 0.923. The summed E-state index contributed by atoms with van der Waals surface area (Å²) >= 11 is 0. The van der Waals surface area contributed by atoms with E-state index in [9.17, 15) is 4.21 Å². The molecule has 1 aliphatic carbocycles. The van der Waals surface area contributed by atoms with Crippen molar-refractivity contribution in [3.63, 3.8) is 0 Å². The van der Waals surface area contributed by atoms with Crippen molar-refractivity contribution in [2.24, 2.45) is 16.6 Å². The smallest absolute Gasteiger partial charge is 0.191 e. The van der Waals surface area contributed by atoms with Crippen LogP contribution in [-0.2, 0) is 10.8 Å². The molecule has 0 aromatic heterocycles. The third-order valence-electron chi connectivity index (χ3n) is 4.51. The molecule has 0 amide bonds. The van der Waals surface area contributed by atoms with E-state index in [4.69, 9.17) is 5.73 Å². The molecule has 5 heteroatoms. The van der Waals surface area contributed by atoms with E-state index in [1.165, 1.54) is 19.3 Å². The number of rotatable bonds is 3. The lowest BCUT2D eigenvalue weighted by Crippen LogP contribution is -2.47. The minimum Gasteiger partial charge on any atom is -0.370 e. The molecule has 104 valence electrons. The van der Waals surface area contributed by atoms with Crippen LogP contribution in [0.5, 0.6) is 0 Å². The predicted octanol–water partition coefficient (Wildman–Crippen LogP) is 1.33. The molecule has 1 heterocycles. The van der Waals surface area contributed by atoms with E-state index in [2.05, 4.69) is 16.8 Å². The Morgan fingerprint density at radius 2 is 2.06 bits per heavy atom. The highest BCUT2D eigenvalue weighted by molar-refractivity contribution is 7.85. The van der Waals surface area contributed by atoms with Crippen LogP contribution in [0.1, 0.15) is 39.0 Å². The molecule has 2 fully saturated rings. The molecule has 1 saturated heterocycles. The Hall–Kier alpha value is -0.580. The van der Waals surface area contributed by atoms with Gasteiger partial charge in [0.2, 0.25) is 0 Å². The van der Waals surface area contributed by atoms with Gasteiger partial charge in [0.15, 0.2) is 5.96 Å². The normalized spacial score (nSPS) is 26.8. The summed E-state index contributed by atoms with van der Waals surface area (Å²) in [4.78, 5) is 6.69. The molecule has 2 rings (SSSR count). The zero-order valence-electron chi connectivity index (χ0n) is 11.5. The monoisotopic (exact) mass is 271 g/mol. The highest BCUT2D eigenvalue weighted by Gasteiger charge is 2.40. The Balaban J connectivity index is 1.90. The predicted molar refractivity (Wildman–Crippen MR) is 77.1 cm³/mol. The molecular formula is C13H25N3OS. The van der Waals surface area contributed by atoms with Gasteiger partial charge < -0.3 is 10.6 Å². The van der Waals surface area contributed by atoms with Crippen molar-refractivity contribution in [1.82, 2.24) is 4.90 Å². The van der Waals surface area contributed by atoms with Crippen molar-refractivity contribution in [3.05, 3.63) is 0 Å². The van der Waals surface area contributed by atoms with Crippen LogP contribution in [0.15, 0.2) is 4.99 Å². The summed E-state index contributed by atoms with van der Waals surface area (Å²) in [5.74, 6) is 1.45. The molecular weight excluding hydrogens is 246 g/mol. The van der Waals surface area contributed by atoms with E-state index in [1.54, 1.807) is 6.26 Å². The van der Waals surface area contributed by atoms with Gasteiger partial charge in [0.25, 0.3) is 0 Å². The van der Waals surface area contributed by atoms with E-state index in [0.717, 1.165) is 31.8 Å². The van der Waals surface area contributed by atoms with Gasteiger partial charge in [0.05, 0.1) is 11.3 Å².